The highest BCUT2D eigenvalue weighted by Gasteiger charge is 2.06. The first kappa shape index (κ1) is 14.5. The summed E-state index contributed by atoms with van der Waals surface area (Å²) in [5, 5.41) is 8.80. The molecule has 0 fully saturated rings. The van der Waals surface area contributed by atoms with Gasteiger partial charge in [-0.25, -0.2) is 0 Å². The highest BCUT2D eigenvalue weighted by Crippen LogP contribution is 2.29. The van der Waals surface area contributed by atoms with Crippen LogP contribution in [-0.2, 0) is 6.61 Å². The van der Waals surface area contributed by atoms with E-state index in [0.717, 1.165) is 5.56 Å². The molecule has 2 rings (SSSR count). The summed E-state index contributed by atoms with van der Waals surface area (Å²) in [5.41, 5.74) is 7.71. The lowest BCUT2D eigenvalue weighted by atomic mass is 10.2. The molecule has 0 aliphatic rings. The molecule has 0 atom stereocenters. The van der Waals surface area contributed by atoms with Gasteiger partial charge in [-0.15, -0.1) is 0 Å². The molecule has 0 unspecified atom stereocenters. The van der Waals surface area contributed by atoms with Gasteiger partial charge < -0.3 is 19.9 Å². The number of anilines is 1. The van der Waals surface area contributed by atoms with Gasteiger partial charge in [0.25, 0.3) is 0 Å². The zero-order valence-electron chi connectivity index (χ0n) is 11.9. The lowest BCUT2D eigenvalue weighted by Gasteiger charge is -2.12. The van der Waals surface area contributed by atoms with Crippen LogP contribution in [0.15, 0.2) is 36.4 Å². The van der Waals surface area contributed by atoms with Gasteiger partial charge in [-0.2, -0.15) is 5.26 Å². The van der Waals surface area contributed by atoms with Crippen molar-refractivity contribution in [3.05, 3.63) is 47.5 Å². The van der Waals surface area contributed by atoms with Crippen LogP contribution >= 0.6 is 0 Å². The summed E-state index contributed by atoms with van der Waals surface area (Å²) in [6, 6.07) is 12.5. The van der Waals surface area contributed by atoms with Gasteiger partial charge in [0, 0.05) is 0 Å². The van der Waals surface area contributed by atoms with Gasteiger partial charge in [0.2, 0.25) is 0 Å². The first-order chi connectivity index (χ1) is 10.2. The van der Waals surface area contributed by atoms with Crippen LogP contribution in [0.4, 0.5) is 5.69 Å². The molecule has 21 heavy (non-hydrogen) atoms. The van der Waals surface area contributed by atoms with Crippen LogP contribution < -0.4 is 19.9 Å². The van der Waals surface area contributed by atoms with Crippen molar-refractivity contribution in [3.63, 3.8) is 0 Å². The number of rotatable bonds is 5. The van der Waals surface area contributed by atoms with Crippen molar-refractivity contribution in [1.29, 1.82) is 5.26 Å². The number of hydrogen-bond donors (Lipinski definition) is 1. The van der Waals surface area contributed by atoms with Crippen LogP contribution in [0.2, 0.25) is 0 Å². The molecular formula is C16H16N2O3. The summed E-state index contributed by atoms with van der Waals surface area (Å²) in [6.07, 6.45) is 0. The zero-order valence-corrected chi connectivity index (χ0v) is 11.9. The molecule has 5 nitrogen and oxygen atoms in total. The smallest absolute Gasteiger partial charge is 0.161 e. The number of nitrogens with zero attached hydrogens (tertiary/aromatic N) is 1. The van der Waals surface area contributed by atoms with Gasteiger partial charge in [-0.05, 0) is 35.9 Å². The topological polar surface area (TPSA) is 77.5 Å². The second-order valence-electron chi connectivity index (χ2n) is 4.34. The number of ether oxygens (including phenoxy) is 3. The van der Waals surface area contributed by atoms with Crippen molar-refractivity contribution in [2.75, 3.05) is 20.0 Å². The number of nitriles is 1. The Hall–Kier alpha value is -2.87. The molecule has 0 spiro atoms. The number of nitrogens with two attached hydrogens (primary N) is 1. The van der Waals surface area contributed by atoms with Gasteiger partial charge in [0.15, 0.2) is 11.5 Å². The Morgan fingerprint density at radius 1 is 1.00 bits per heavy atom. The number of benzene rings is 2. The fourth-order valence-electron chi connectivity index (χ4n) is 1.88. The quantitative estimate of drug-likeness (QED) is 0.854. The minimum absolute atomic E-state index is 0.344. The van der Waals surface area contributed by atoms with Crippen molar-refractivity contribution in [1.82, 2.24) is 0 Å². The second-order valence-corrected chi connectivity index (χ2v) is 4.34. The predicted molar refractivity (Wildman–Crippen MR) is 79.4 cm³/mol. The molecule has 5 heteroatoms. The Morgan fingerprint density at radius 2 is 1.71 bits per heavy atom. The molecule has 2 N–H and O–H groups in total. The molecular weight excluding hydrogens is 268 g/mol. The van der Waals surface area contributed by atoms with Gasteiger partial charge in [-0.3, -0.25) is 0 Å². The first-order valence-corrected chi connectivity index (χ1v) is 6.31. The van der Waals surface area contributed by atoms with Gasteiger partial charge in [0.05, 0.1) is 31.5 Å². The maximum atomic E-state index is 8.80. The van der Waals surface area contributed by atoms with E-state index in [-0.39, 0.29) is 0 Å². The van der Waals surface area contributed by atoms with Gasteiger partial charge in [0.1, 0.15) is 12.4 Å². The number of hydrogen-bond acceptors (Lipinski definition) is 5. The summed E-state index contributed by atoms with van der Waals surface area (Å²) in [5.74, 6) is 1.86. The average Bonchev–Trinajstić information content (AvgIpc) is 2.53. The van der Waals surface area contributed by atoms with Crippen LogP contribution in [0, 0.1) is 11.3 Å². The van der Waals surface area contributed by atoms with Gasteiger partial charge >= 0.3 is 0 Å². The molecule has 0 radical (unpaired) electrons. The largest absolute Gasteiger partial charge is 0.493 e. The molecule has 0 aliphatic heterocycles. The maximum absolute atomic E-state index is 8.80. The third kappa shape index (κ3) is 3.37. The van der Waals surface area contributed by atoms with E-state index in [1.165, 1.54) is 0 Å². The van der Waals surface area contributed by atoms with E-state index in [1.807, 2.05) is 24.3 Å². The van der Waals surface area contributed by atoms with E-state index >= 15 is 0 Å². The number of nitrogen functional groups attached to an aromatic ring is 1. The van der Waals surface area contributed by atoms with Crippen LogP contribution in [-0.4, -0.2) is 14.2 Å². The Balaban J connectivity index is 2.11. The van der Waals surface area contributed by atoms with E-state index in [0.29, 0.717) is 35.1 Å². The first-order valence-electron chi connectivity index (χ1n) is 6.31. The third-order valence-electron chi connectivity index (χ3n) is 2.98. The maximum Gasteiger partial charge on any atom is 0.161 e. The minimum atomic E-state index is 0.344. The molecule has 0 saturated heterocycles. The van der Waals surface area contributed by atoms with Crippen molar-refractivity contribution in [3.8, 4) is 23.3 Å². The van der Waals surface area contributed by atoms with Crippen LogP contribution in [0.5, 0.6) is 17.2 Å². The van der Waals surface area contributed by atoms with Crippen molar-refractivity contribution >= 4 is 5.69 Å². The standard InChI is InChI=1S/C16H16N2O3/c1-19-15-6-4-12(8-16(15)20-2)10-21-14-5-3-11(9-17)7-13(14)18/h3-8H,10,18H2,1-2H3. The summed E-state index contributed by atoms with van der Waals surface area (Å²) >= 11 is 0. The normalized spacial score (nSPS) is 9.76. The minimum Gasteiger partial charge on any atom is -0.493 e. The molecule has 2 aromatic carbocycles. The second kappa shape index (κ2) is 6.53. The summed E-state index contributed by atoms with van der Waals surface area (Å²) < 4.78 is 16.1. The highest BCUT2D eigenvalue weighted by atomic mass is 16.5. The van der Waals surface area contributed by atoms with E-state index in [9.17, 15) is 0 Å². The summed E-state index contributed by atoms with van der Waals surface area (Å²) in [7, 11) is 3.17. The monoisotopic (exact) mass is 284 g/mol. The van der Waals surface area contributed by atoms with Crippen LogP contribution in [0.3, 0.4) is 0 Å². The van der Waals surface area contributed by atoms with Gasteiger partial charge in [-0.1, -0.05) is 6.07 Å². The Labute approximate surface area is 123 Å². The van der Waals surface area contributed by atoms with E-state index in [4.69, 9.17) is 25.2 Å². The lowest BCUT2D eigenvalue weighted by molar-refractivity contribution is 0.305. The number of methoxy groups -OCH3 is 2. The Kier molecular flexibility index (Phi) is 4.52. The van der Waals surface area contributed by atoms with Crippen LogP contribution in [0.25, 0.3) is 0 Å². The van der Waals surface area contributed by atoms with E-state index in [2.05, 4.69) is 0 Å². The molecule has 0 aromatic heterocycles. The van der Waals surface area contributed by atoms with Crippen molar-refractivity contribution in [2.24, 2.45) is 0 Å². The highest BCUT2D eigenvalue weighted by molar-refractivity contribution is 5.56. The van der Waals surface area contributed by atoms with Crippen LogP contribution in [0.1, 0.15) is 11.1 Å². The average molecular weight is 284 g/mol. The predicted octanol–water partition coefficient (Wildman–Crippen LogP) is 2.74. The SMILES string of the molecule is COc1ccc(COc2ccc(C#N)cc2N)cc1OC. The van der Waals surface area contributed by atoms with E-state index in [1.54, 1.807) is 32.4 Å². The Morgan fingerprint density at radius 3 is 2.33 bits per heavy atom. The third-order valence-corrected chi connectivity index (χ3v) is 2.98. The molecule has 108 valence electrons. The molecule has 0 saturated carbocycles. The molecule has 0 amide bonds. The molecule has 0 aliphatic carbocycles. The zero-order chi connectivity index (χ0) is 15.2. The molecule has 0 bridgehead atoms. The fourth-order valence-corrected chi connectivity index (χ4v) is 1.88. The summed E-state index contributed by atoms with van der Waals surface area (Å²) in [6.45, 7) is 0.344. The Bertz CT molecular complexity index is 678. The molecule has 2 aromatic rings. The van der Waals surface area contributed by atoms with E-state index < -0.39 is 0 Å². The summed E-state index contributed by atoms with van der Waals surface area (Å²) in [4.78, 5) is 0. The fraction of sp³-hybridized carbons (Fsp3) is 0.188. The van der Waals surface area contributed by atoms with Crippen molar-refractivity contribution < 1.29 is 14.2 Å². The lowest BCUT2D eigenvalue weighted by Crippen LogP contribution is -2.00. The molecule has 0 heterocycles. The van der Waals surface area contributed by atoms with Crippen molar-refractivity contribution in [2.45, 2.75) is 6.61 Å².